The quantitative estimate of drug-likeness (QED) is 0.730. The summed E-state index contributed by atoms with van der Waals surface area (Å²) in [6.07, 6.45) is 7.14. The van der Waals surface area contributed by atoms with Crippen LogP contribution in [0.4, 0.5) is 0 Å². The van der Waals surface area contributed by atoms with Crippen molar-refractivity contribution in [3.8, 4) is 0 Å². The van der Waals surface area contributed by atoms with Crippen LogP contribution in [0.2, 0.25) is 0 Å². The summed E-state index contributed by atoms with van der Waals surface area (Å²) in [5.74, 6) is 0.399. The molecule has 2 unspecified atom stereocenters. The molecule has 80 valence electrons. The zero-order valence-electron chi connectivity index (χ0n) is 9.19. The fourth-order valence-electron chi connectivity index (χ4n) is 2.36. The SMILES string of the molecule is C/C=C/CC1CCc2ccccc2C1O. The second-order valence-electron chi connectivity index (χ2n) is 4.25. The molecule has 0 saturated heterocycles. The smallest absolute Gasteiger partial charge is 0.0823 e. The average Bonchev–Trinajstić information content (AvgIpc) is 2.29. The molecule has 0 fully saturated rings. The van der Waals surface area contributed by atoms with E-state index in [0.29, 0.717) is 5.92 Å². The molecule has 0 spiro atoms. The first-order valence-electron chi connectivity index (χ1n) is 5.70. The lowest BCUT2D eigenvalue weighted by molar-refractivity contribution is 0.0951. The number of rotatable bonds is 2. The fraction of sp³-hybridized carbons (Fsp3) is 0.429. The average molecular weight is 202 g/mol. The van der Waals surface area contributed by atoms with E-state index in [1.54, 1.807) is 0 Å². The van der Waals surface area contributed by atoms with Crippen LogP contribution in [0.1, 0.15) is 37.0 Å². The van der Waals surface area contributed by atoms with Gasteiger partial charge in [-0.15, -0.1) is 0 Å². The summed E-state index contributed by atoms with van der Waals surface area (Å²) in [5.41, 5.74) is 2.46. The minimum absolute atomic E-state index is 0.272. The van der Waals surface area contributed by atoms with Gasteiger partial charge < -0.3 is 5.11 Å². The van der Waals surface area contributed by atoms with Crippen LogP contribution in [-0.2, 0) is 6.42 Å². The zero-order chi connectivity index (χ0) is 10.7. The number of aryl methyl sites for hydroxylation is 1. The molecule has 15 heavy (non-hydrogen) atoms. The fourth-order valence-corrected chi connectivity index (χ4v) is 2.36. The van der Waals surface area contributed by atoms with Gasteiger partial charge in [-0.2, -0.15) is 0 Å². The Balaban J connectivity index is 2.18. The van der Waals surface area contributed by atoms with Crippen LogP contribution >= 0.6 is 0 Å². The van der Waals surface area contributed by atoms with Crippen LogP contribution in [0.5, 0.6) is 0 Å². The molecule has 1 N–H and O–H groups in total. The Hall–Kier alpha value is -1.08. The molecule has 1 aromatic carbocycles. The van der Waals surface area contributed by atoms with Crippen molar-refractivity contribution in [2.24, 2.45) is 5.92 Å². The van der Waals surface area contributed by atoms with Crippen molar-refractivity contribution in [3.05, 3.63) is 47.5 Å². The highest BCUT2D eigenvalue weighted by atomic mass is 16.3. The van der Waals surface area contributed by atoms with Crippen LogP contribution in [0.25, 0.3) is 0 Å². The van der Waals surface area contributed by atoms with Crippen molar-refractivity contribution in [1.82, 2.24) is 0 Å². The molecule has 1 aliphatic rings. The number of hydrogen-bond acceptors (Lipinski definition) is 1. The van der Waals surface area contributed by atoms with Gasteiger partial charge in [0, 0.05) is 0 Å². The van der Waals surface area contributed by atoms with E-state index >= 15 is 0 Å². The first-order valence-corrected chi connectivity index (χ1v) is 5.70. The molecule has 0 aliphatic heterocycles. The predicted molar refractivity (Wildman–Crippen MR) is 62.6 cm³/mol. The normalized spacial score (nSPS) is 25.5. The van der Waals surface area contributed by atoms with Crippen molar-refractivity contribution in [1.29, 1.82) is 0 Å². The molecule has 1 nitrogen and oxygen atoms in total. The molecule has 0 bridgehead atoms. The van der Waals surface area contributed by atoms with Crippen LogP contribution < -0.4 is 0 Å². The summed E-state index contributed by atoms with van der Waals surface area (Å²) in [4.78, 5) is 0. The molecule has 0 saturated carbocycles. The summed E-state index contributed by atoms with van der Waals surface area (Å²) in [6.45, 7) is 2.03. The Kier molecular flexibility index (Phi) is 3.22. The predicted octanol–water partition coefficient (Wildman–Crippen LogP) is 3.25. The third-order valence-corrected chi connectivity index (χ3v) is 3.28. The van der Waals surface area contributed by atoms with E-state index in [1.807, 2.05) is 13.0 Å². The number of hydrogen-bond donors (Lipinski definition) is 1. The third-order valence-electron chi connectivity index (χ3n) is 3.28. The summed E-state index contributed by atoms with van der Waals surface area (Å²) in [5, 5.41) is 10.2. The van der Waals surface area contributed by atoms with Crippen LogP contribution in [0.3, 0.4) is 0 Å². The van der Waals surface area contributed by atoms with E-state index in [-0.39, 0.29) is 6.10 Å². The van der Waals surface area contributed by atoms with Gasteiger partial charge in [-0.1, -0.05) is 36.4 Å². The monoisotopic (exact) mass is 202 g/mol. The Morgan fingerprint density at radius 1 is 1.40 bits per heavy atom. The molecule has 1 aliphatic carbocycles. The van der Waals surface area contributed by atoms with Gasteiger partial charge in [-0.3, -0.25) is 0 Å². The standard InChI is InChI=1S/C14H18O/c1-2-3-6-12-10-9-11-7-4-5-8-13(11)14(12)15/h2-5,7-8,12,14-15H,6,9-10H2,1H3/b3-2+. The number of benzene rings is 1. The van der Waals surface area contributed by atoms with Crippen LogP contribution in [0.15, 0.2) is 36.4 Å². The molecule has 0 amide bonds. The largest absolute Gasteiger partial charge is 0.388 e. The van der Waals surface area contributed by atoms with Crippen molar-refractivity contribution >= 4 is 0 Å². The highest BCUT2D eigenvalue weighted by Gasteiger charge is 2.26. The van der Waals surface area contributed by atoms with E-state index in [4.69, 9.17) is 0 Å². The lowest BCUT2D eigenvalue weighted by Crippen LogP contribution is -2.19. The van der Waals surface area contributed by atoms with E-state index in [1.165, 1.54) is 5.56 Å². The molecule has 2 atom stereocenters. The van der Waals surface area contributed by atoms with E-state index in [9.17, 15) is 5.11 Å². The van der Waals surface area contributed by atoms with Gasteiger partial charge in [0.1, 0.15) is 0 Å². The van der Waals surface area contributed by atoms with E-state index < -0.39 is 0 Å². The van der Waals surface area contributed by atoms with Crippen LogP contribution in [0, 0.1) is 5.92 Å². The molecule has 0 aromatic heterocycles. The number of aliphatic hydroxyl groups excluding tert-OH is 1. The second-order valence-corrected chi connectivity index (χ2v) is 4.25. The number of fused-ring (bicyclic) bond motifs is 1. The maximum atomic E-state index is 10.2. The highest BCUT2D eigenvalue weighted by Crippen LogP contribution is 2.36. The van der Waals surface area contributed by atoms with Gasteiger partial charge >= 0.3 is 0 Å². The molecule has 0 heterocycles. The summed E-state index contributed by atoms with van der Waals surface area (Å²) in [6, 6.07) is 8.25. The van der Waals surface area contributed by atoms with Gasteiger partial charge in [0.15, 0.2) is 0 Å². The maximum absolute atomic E-state index is 10.2. The van der Waals surface area contributed by atoms with E-state index in [0.717, 1.165) is 24.8 Å². The Morgan fingerprint density at radius 3 is 3.00 bits per heavy atom. The lowest BCUT2D eigenvalue weighted by atomic mass is 9.80. The lowest BCUT2D eigenvalue weighted by Gasteiger charge is -2.29. The first-order chi connectivity index (χ1) is 7.33. The molecule has 0 radical (unpaired) electrons. The van der Waals surface area contributed by atoms with Crippen molar-refractivity contribution < 1.29 is 5.11 Å². The first kappa shape index (κ1) is 10.4. The Bertz CT molecular complexity index is 354. The van der Waals surface area contributed by atoms with Gasteiger partial charge in [0.2, 0.25) is 0 Å². The minimum atomic E-state index is -0.272. The minimum Gasteiger partial charge on any atom is -0.388 e. The maximum Gasteiger partial charge on any atom is 0.0823 e. The van der Waals surface area contributed by atoms with Gasteiger partial charge in [-0.05, 0) is 43.2 Å². The Labute approximate surface area is 91.4 Å². The van der Waals surface area contributed by atoms with Crippen molar-refractivity contribution in [2.45, 2.75) is 32.3 Å². The molecular weight excluding hydrogens is 184 g/mol. The molecular formula is C14H18O. The van der Waals surface area contributed by atoms with Gasteiger partial charge in [-0.25, -0.2) is 0 Å². The van der Waals surface area contributed by atoms with Gasteiger partial charge in [0.05, 0.1) is 6.10 Å². The molecule has 1 aromatic rings. The summed E-state index contributed by atoms with van der Waals surface area (Å²) < 4.78 is 0. The van der Waals surface area contributed by atoms with Crippen molar-refractivity contribution in [3.63, 3.8) is 0 Å². The van der Waals surface area contributed by atoms with Gasteiger partial charge in [0.25, 0.3) is 0 Å². The molecule has 1 heteroatoms. The van der Waals surface area contributed by atoms with E-state index in [2.05, 4.69) is 30.4 Å². The summed E-state index contributed by atoms with van der Waals surface area (Å²) in [7, 11) is 0. The van der Waals surface area contributed by atoms with Crippen molar-refractivity contribution in [2.75, 3.05) is 0 Å². The molecule has 2 rings (SSSR count). The number of allylic oxidation sites excluding steroid dienone is 2. The third kappa shape index (κ3) is 2.13. The Morgan fingerprint density at radius 2 is 2.20 bits per heavy atom. The zero-order valence-corrected chi connectivity index (χ0v) is 9.19. The highest BCUT2D eigenvalue weighted by molar-refractivity contribution is 5.31. The van der Waals surface area contributed by atoms with Crippen LogP contribution in [-0.4, -0.2) is 5.11 Å². The summed E-state index contributed by atoms with van der Waals surface area (Å²) >= 11 is 0. The second kappa shape index (κ2) is 4.63. The topological polar surface area (TPSA) is 20.2 Å². The number of aliphatic hydroxyl groups is 1.